The van der Waals surface area contributed by atoms with Crippen molar-refractivity contribution >= 4 is 17.2 Å². The molecule has 1 aromatic heterocycles. The first kappa shape index (κ1) is 12.3. The van der Waals surface area contributed by atoms with Crippen LogP contribution in [0, 0.1) is 0 Å². The highest BCUT2D eigenvalue weighted by Gasteiger charge is 2.45. The summed E-state index contributed by atoms with van der Waals surface area (Å²) < 4.78 is 0. The minimum absolute atomic E-state index is 0.233. The summed E-state index contributed by atoms with van der Waals surface area (Å²) in [6.45, 7) is 0.580. The molecule has 3 rings (SSSR count). The van der Waals surface area contributed by atoms with Gasteiger partial charge in [0.15, 0.2) is 5.60 Å². The average Bonchev–Trinajstić information content (AvgIpc) is 3.05. The summed E-state index contributed by atoms with van der Waals surface area (Å²) in [6, 6.07) is 7.44. The van der Waals surface area contributed by atoms with Crippen molar-refractivity contribution in [2.24, 2.45) is 0 Å². The van der Waals surface area contributed by atoms with E-state index in [1.165, 1.54) is 11.3 Å². The fraction of sp³-hybridized carbons (Fsp3) is 0.286. The van der Waals surface area contributed by atoms with Crippen LogP contribution < -0.4 is 0 Å². The minimum Gasteiger partial charge on any atom is -0.375 e. The van der Waals surface area contributed by atoms with Crippen LogP contribution in [0.15, 0.2) is 35.2 Å². The highest BCUT2D eigenvalue weighted by molar-refractivity contribution is 7.07. The van der Waals surface area contributed by atoms with Crippen molar-refractivity contribution in [3.05, 3.63) is 40.7 Å². The number of aliphatic hydroxyl groups is 1. The number of aromatic nitrogens is 1. The van der Waals surface area contributed by atoms with Gasteiger partial charge in [-0.05, 0) is 11.6 Å². The predicted molar refractivity (Wildman–Crippen MR) is 73.7 cm³/mol. The molecule has 0 saturated carbocycles. The molecule has 1 N–H and O–H groups in total. The lowest BCUT2D eigenvalue weighted by Gasteiger charge is -2.21. The van der Waals surface area contributed by atoms with Crippen LogP contribution in [0.5, 0.6) is 0 Å². The van der Waals surface area contributed by atoms with Crippen molar-refractivity contribution in [3.8, 4) is 11.3 Å². The second-order valence-corrected chi connectivity index (χ2v) is 5.51. The molecule has 1 aliphatic rings. The van der Waals surface area contributed by atoms with Crippen LogP contribution in [0.2, 0.25) is 0 Å². The highest BCUT2D eigenvalue weighted by atomic mass is 32.1. The molecule has 5 heteroatoms. The van der Waals surface area contributed by atoms with Gasteiger partial charge in [-0.2, -0.15) is 0 Å². The van der Waals surface area contributed by atoms with E-state index in [0.717, 1.165) is 11.3 Å². The van der Waals surface area contributed by atoms with Crippen LogP contribution in [-0.2, 0) is 10.4 Å². The zero-order valence-corrected chi connectivity index (χ0v) is 11.4. The van der Waals surface area contributed by atoms with Gasteiger partial charge >= 0.3 is 0 Å². The summed E-state index contributed by atoms with van der Waals surface area (Å²) in [5, 5.41) is 12.6. The van der Waals surface area contributed by atoms with E-state index in [1.54, 1.807) is 23.5 Å². The third kappa shape index (κ3) is 1.95. The lowest BCUT2D eigenvalue weighted by atomic mass is 9.91. The van der Waals surface area contributed by atoms with Crippen LogP contribution in [0.1, 0.15) is 12.0 Å². The second-order valence-electron chi connectivity index (χ2n) is 4.79. The zero-order chi connectivity index (χ0) is 13.5. The molecular weight excluding hydrogens is 260 g/mol. The van der Waals surface area contributed by atoms with E-state index < -0.39 is 5.60 Å². The first-order chi connectivity index (χ1) is 9.11. The Morgan fingerprint density at radius 2 is 2.32 bits per heavy atom. The maximum Gasteiger partial charge on any atom is 0.258 e. The van der Waals surface area contributed by atoms with E-state index in [4.69, 9.17) is 0 Å². The van der Waals surface area contributed by atoms with Gasteiger partial charge in [-0.1, -0.05) is 18.2 Å². The summed E-state index contributed by atoms with van der Waals surface area (Å²) in [6.07, 6.45) is 0.433. The predicted octanol–water partition coefficient (Wildman–Crippen LogP) is 1.86. The molecule has 1 fully saturated rings. The average molecular weight is 274 g/mol. The Hall–Kier alpha value is -1.72. The van der Waals surface area contributed by atoms with E-state index in [1.807, 2.05) is 23.6 Å². The number of likely N-dealkylation sites (tertiary alicyclic amines) is 1. The second kappa shape index (κ2) is 4.43. The number of thiazole rings is 1. The van der Waals surface area contributed by atoms with Crippen LogP contribution in [0.4, 0.5) is 0 Å². The van der Waals surface area contributed by atoms with Gasteiger partial charge in [-0.15, -0.1) is 11.3 Å². The number of nitrogens with zero attached hydrogens (tertiary/aromatic N) is 2. The Balaban J connectivity index is 2.03. The van der Waals surface area contributed by atoms with E-state index in [-0.39, 0.29) is 5.91 Å². The first-order valence-corrected chi connectivity index (χ1v) is 7.02. The van der Waals surface area contributed by atoms with Gasteiger partial charge in [0.2, 0.25) is 0 Å². The Morgan fingerprint density at radius 3 is 2.95 bits per heavy atom. The van der Waals surface area contributed by atoms with E-state index in [2.05, 4.69) is 4.98 Å². The molecule has 98 valence electrons. The normalized spacial score (nSPS) is 23.1. The van der Waals surface area contributed by atoms with Crippen LogP contribution in [0.25, 0.3) is 11.3 Å². The minimum atomic E-state index is -1.39. The van der Waals surface area contributed by atoms with Gasteiger partial charge < -0.3 is 10.0 Å². The molecule has 0 spiro atoms. The molecule has 0 aliphatic carbocycles. The van der Waals surface area contributed by atoms with E-state index in [9.17, 15) is 9.90 Å². The van der Waals surface area contributed by atoms with Gasteiger partial charge in [-0.3, -0.25) is 4.79 Å². The molecule has 1 aromatic carbocycles. The Labute approximate surface area is 115 Å². The standard InChI is InChI=1S/C14H14N2O2S/c1-16-6-5-14(18,13(16)17)11-4-2-3-10(7-11)12-8-19-9-15-12/h2-4,7-9,18H,5-6H2,1H3. The molecule has 4 nitrogen and oxygen atoms in total. The molecule has 0 radical (unpaired) electrons. The zero-order valence-electron chi connectivity index (χ0n) is 10.5. The van der Waals surface area contributed by atoms with E-state index >= 15 is 0 Å². The number of amides is 1. The van der Waals surface area contributed by atoms with Crippen LogP contribution in [0.3, 0.4) is 0 Å². The van der Waals surface area contributed by atoms with Crippen molar-refractivity contribution in [2.45, 2.75) is 12.0 Å². The smallest absolute Gasteiger partial charge is 0.258 e. The van der Waals surface area contributed by atoms with Gasteiger partial charge in [0, 0.05) is 31.0 Å². The van der Waals surface area contributed by atoms with Gasteiger partial charge in [0.05, 0.1) is 11.2 Å². The Bertz CT molecular complexity index is 612. The molecule has 2 heterocycles. The molecule has 1 unspecified atom stereocenters. The SMILES string of the molecule is CN1CCC(O)(c2cccc(-c3cscn3)c2)C1=O. The fourth-order valence-corrected chi connectivity index (χ4v) is 2.97. The summed E-state index contributed by atoms with van der Waals surface area (Å²) in [4.78, 5) is 17.9. The number of carbonyl (C=O) groups is 1. The van der Waals surface area contributed by atoms with Crippen LogP contribution >= 0.6 is 11.3 Å². The Morgan fingerprint density at radius 1 is 1.47 bits per heavy atom. The quantitative estimate of drug-likeness (QED) is 0.909. The third-order valence-electron chi connectivity index (χ3n) is 3.58. The largest absolute Gasteiger partial charge is 0.375 e. The number of likely N-dealkylation sites (N-methyl/N-ethyl adjacent to an activating group) is 1. The summed E-state index contributed by atoms with van der Waals surface area (Å²) >= 11 is 1.52. The summed E-state index contributed by atoms with van der Waals surface area (Å²) in [5.41, 5.74) is 2.82. The third-order valence-corrected chi connectivity index (χ3v) is 4.16. The van der Waals surface area contributed by atoms with Crippen molar-refractivity contribution in [2.75, 3.05) is 13.6 Å². The number of hydrogen-bond donors (Lipinski definition) is 1. The number of rotatable bonds is 2. The molecule has 1 aliphatic heterocycles. The van der Waals surface area contributed by atoms with Gasteiger partial charge in [0.25, 0.3) is 5.91 Å². The molecule has 0 bridgehead atoms. The van der Waals surface area contributed by atoms with Crippen molar-refractivity contribution < 1.29 is 9.90 Å². The Kier molecular flexibility index (Phi) is 2.88. The highest BCUT2D eigenvalue weighted by Crippen LogP contribution is 2.34. The lowest BCUT2D eigenvalue weighted by molar-refractivity contribution is -0.143. The first-order valence-electron chi connectivity index (χ1n) is 6.08. The van der Waals surface area contributed by atoms with Crippen molar-refractivity contribution in [1.29, 1.82) is 0 Å². The lowest BCUT2D eigenvalue weighted by Crippen LogP contribution is -2.36. The number of carbonyl (C=O) groups excluding carboxylic acids is 1. The maximum absolute atomic E-state index is 12.1. The topological polar surface area (TPSA) is 53.4 Å². The van der Waals surface area contributed by atoms with Crippen molar-refractivity contribution in [1.82, 2.24) is 9.88 Å². The number of hydrogen-bond acceptors (Lipinski definition) is 4. The number of benzene rings is 1. The van der Waals surface area contributed by atoms with Crippen molar-refractivity contribution in [3.63, 3.8) is 0 Å². The molecule has 1 saturated heterocycles. The molecule has 1 atom stereocenters. The van der Waals surface area contributed by atoms with Gasteiger partial charge in [0.1, 0.15) is 0 Å². The molecule has 1 amide bonds. The molecule has 2 aromatic rings. The molecule has 19 heavy (non-hydrogen) atoms. The fourth-order valence-electron chi connectivity index (χ4n) is 2.41. The van der Waals surface area contributed by atoms with Gasteiger partial charge in [-0.25, -0.2) is 4.98 Å². The summed E-state index contributed by atoms with van der Waals surface area (Å²) in [7, 11) is 1.71. The summed E-state index contributed by atoms with van der Waals surface area (Å²) in [5.74, 6) is -0.233. The molecular formula is C14H14N2O2S. The maximum atomic E-state index is 12.1. The monoisotopic (exact) mass is 274 g/mol. The van der Waals surface area contributed by atoms with Crippen LogP contribution in [-0.4, -0.2) is 34.5 Å². The van der Waals surface area contributed by atoms with E-state index in [0.29, 0.717) is 18.5 Å².